The summed E-state index contributed by atoms with van der Waals surface area (Å²) in [5, 5.41) is 6.38. The lowest BCUT2D eigenvalue weighted by Gasteiger charge is -2.20. The van der Waals surface area contributed by atoms with Gasteiger partial charge in [0.15, 0.2) is 5.82 Å². The first-order valence-corrected chi connectivity index (χ1v) is 14.8. The van der Waals surface area contributed by atoms with Gasteiger partial charge < -0.3 is 24.7 Å². The van der Waals surface area contributed by atoms with Crippen LogP contribution in [0, 0.1) is 0 Å². The molecule has 0 bridgehead atoms. The molecule has 36 heavy (non-hydrogen) atoms. The van der Waals surface area contributed by atoms with Crippen molar-refractivity contribution in [3.05, 3.63) is 52.7 Å². The van der Waals surface area contributed by atoms with Gasteiger partial charge in [-0.05, 0) is 61.2 Å². The number of nitrogens with zero attached hydrogens (tertiary/aromatic N) is 2. The van der Waals surface area contributed by atoms with E-state index in [9.17, 15) is 16.9 Å². The molecule has 2 aromatic carbocycles. The van der Waals surface area contributed by atoms with Crippen molar-refractivity contribution in [1.29, 1.82) is 0 Å². The predicted octanol–water partition coefficient (Wildman–Crippen LogP) is 5.03. The largest absolute Gasteiger partial charge is 0.495 e. The van der Waals surface area contributed by atoms with Gasteiger partial charge >= 0.3 is 10.2 Å². The lowest BCUT2D eigenvalue weighted by molar-refractivity contribution is 0.110. The Bertz CT molecular complexity index is 1450. The van der Waals surface area contributed by atoms with E-state index < -0.39 is 22.3 Å². The summed E-state index contributed by atoms with van der Waals surface area (Å²) in [6, 6.07) is 7.30. The molecule has 1 aliphatic rings. The monoisotopic (exact) mass is 576 g/mol. The van der Waals surface area contributed by atoms with Gasteiger partial charge in [0.25, 0.3) is 0 Å². The minimum atomic E-state index is -4.97. The Hall–Kier alpha value is -2.43. The highest BCUT2D eigenvalue weighted by Gasteiger charge is 2.22. The number of hydrogen-bond acceptors (Lipinski definition) is 9. The third kappa shape index (κ3) is 6.27. The average molecular weight is 577 g/mol. The Morgan fingerprint density at radius 3 is 2.56 bits per heavy atom. The molecular weight excluding hydrogens is 553 g/mol. The topological polar surface area (TPSA) is 120 Å². The molecule has 2 N–H and O–H groups in total. The van der Waals surface area contributed by atoms with Crippen LogP contribution in [-0.4, -0.2) is 45.4 Å². The van der Waals surface area contributed by atoms with Crippen LogP contribution >= 0.6 is 31.1 Å². The van der Waals surface area contributed by atoms with E-state index in [1.54, 1.807) is 7.11 Å². The highest BCUT2D eigenvalue weighted by molar-refractivity contribution is 7.86. The second-order valence-electron chi connectivity index (χ2n) is 8.23. The number of benzene rings is 2. The van der Waals surface area contributed by atoms with E-state index in [2.05, 4.69) is 20.6 Å². The van der Waals surface area contributed by atoms with Crippen molar-refractivity contribution < 1.29 is 26.3 Å². The number of nitrogens with one attached hydrogen (secondary N) is 2. The summed E-state index contributed by atoms with van der Waals surface area (Å²) in [4.78, 5) is 8.04. The number of methoxy groups -OCH3 is 1. The molecule has 1 aliphatic heterocycles. The van der Waals surface area contributed by atoms with Crippen molar-refractivity contribution in [1.82, 2.24) is 9.97 Å². The van der Waals surface area contributed by atoms with Crippen LogP contribution in [0.2, 0.25) is 5.02 Å². The number of aromatic nitrogens is 2. The Morgan fingerprint density at radius 2 is 1.89 bits per heavy atom. The van der Waals surface area contributed by atoms with Crippen LogP contribution in [0.3, 0.4) is 0 Å². The molecule has 9 nitrogen and oxygen atoms in total. The second-order valence-corrected chi connectivity index (χ2v) is 13.2. The summed E-state index contributed by atoms with van der Waals surface area (Å²) >= 11 is 6.29. The molecule has 0 atom stereocenters. The number of fused-ring (bicyclic) bond motifs is 1. The van der Waals surface area contributed by atoms with Crippen molar-refractivity contribution in [2.75, 3.05) is 37.7 Å². The molecule has 0 amide bonds. The molecule has 2 heterocycles. The number of ether oxygens (including phenoxy) is 2. The molecule has 194 valence electrons. The van der Waals surface area contributed by atoms with E-state index in [1.165, 1.54) is 25.6 Å². The van der Waals surface area contributed by atoms with Crippen LogP contribution in [0.15, 0.2) is 41.4 Å². The van der Waals surface area contributed by atoms with Crippen LogP contribution in [0.5, 0.6) is 5.75 Å². The molecule has 4 rings (SSSR count). The number of halogens is 3. The zero-order valence-corrected chi connectivity index (χ0v) is 22.8. The Labute approximate surface area is 219 Å². The molecule has 0 saturated carbocycles. The number of hydrogen-bond donors (Lipinski definition) is 2. The fourth-order valence-electron chi connectivity index (χ4n) is 3.64. The standard InChI is InChI=1S/C22H23ClFN4O5PS.ClH/c1-32-19-9-13-6-7-33-12-14(13)8-18(19)27-22-25-11-16(23)21(28-22)26-17-5-4-15(35(24,30)31)10-20(17)34(2,3)29;/h4-5,8-11H,6-7,12H2,1-3H3,(H2,25,26,27,28);1H. The van der Waals surface area contributed by atoms with Gasteiger partial charge in [-0.3, -0.25) is 0 Å². The SMILES string of the molecule is COc1cc2c(cc1Nc1ncc(Cl)c(Nc3ccc(S(=O)(=O)F)cc3P(C)(C)=O)n1)COCC2.Cl. The van der Waals surface area contributed by atoms with Gasteiger partial charge in [0.1, 0.15) is 17.9 Å². The zero-order chi connectivity index (χ0) is 25.4. The lowest BCUT2D eigenvalue weighted by atomic mass is 10.0. The molecule has 3 aromatic rings. The summed E-state index contributed by atoms with van der Waals surface area (Å²) in [5.74, 6) is 0.990. The predicted molar refractivity (Wildman–Crippen MR) is 141 cm³/mol. The maximum Gasteiger partial charge on any atom is 0.332 e. The number of anilines is 4. The normalized spacial score (nSPS) is 13.4. The van der Waals surface area contributed by atoms with E-state index in [1.807, 2.05) is 12.1 Å². The van der Waals surface area contributed by atoms with Crippen molar-refractivity contribution in [3.8, 4) is 5.75 Å². The molecule has 0 aliphatic carbocycles. The van der Waals surface area contributed by atoms with Gasteiger partial charge in [-0.1, -0.05) is 11.6 Å². The maximum absolute atomic E-state index is 13.5. The lowest BCUT2D eigenvalue weighted by Crippen LogP contribution is -2.13. The van der Waals surface area contributed by atoms with E-state index in [4.69, 9.17) is 21.1 Å². The molecule has 14 heteroatoms. The first-order valence-electron chi connectivity index (χ1n) is 10.4. The zero-order valence-electron chi connectivity index (χ0n) is 19.5. The molecule has 0 unspecified atom stereocenters. The number of rotatable bonds is 7. The minimum Gasteiger partial charge on any atom is -0.495 e. The van der Waals surface area contributed by atoms with Gasteiger partial charge in [-0.2, -0.15) is 13.4 Å². The fourth-order valence-corrected chi connectivity index (χ4v) is 5.52. The fraction of sp³-hybridized carbons (Fsp3) is 0.273. The summed E-state index contributed by atoms with van der Waals surface area (Å²) in [5.41, 5.74) is 3.09. The molecule has 1 aromatic heterocycles. The van der Waals surface area contributed by atoms with Gasteiger partial charge in [0.05, 0.1) is 42.8 Å². The Morgan fingerprint density at radius 1 is 1.14 bits per heavy atom. The third-order valence-electron chi connectivity index (χ3n) is 5.37. The Kier molecular flexibility index (Phi) is 8.52. The smallest absolute Gasteiger partial charge is 0.332 e. The van der Waals surface area contributed by atoms with Crippen LogP contribution in [0.1, 0.15) is 11.1 Å². The van der Waals surface area contributed by atoms with E-state index in [-0.39, 0.29) is 40.2 Å². The van der Waals surface area contributed by atoms with Crippen molar-refractivity contribution in [3.63, 3.8) is 0 Å². The molecule has 0 radical (unpaired) electrons. The Balaban J connectivity index is 0.00000361. The van der Waals surface area contributed by atoms with Gasteiger partial charge in [0.2, 0.25) is 5.95 Å². The molecular formula is C22H24Cl2FN4O5PS. The first-order chi connectivity index (χ1) is 16.5. The molecule has 0 spiro atoms. The molecule has 0 saturated heterocycles. The van der Waals surface area contributed by atoms with Crippen molar-refractivity contribution in [2.24, 2.45) is 0 Å². The van der Waals surface area contributed by atoms with E-state index in [0.29, 0.717) is 24.7 Å². The highest BCUT2D eigenvalue weighted by Crippen LogP contribution is 2.40. The second kappa shape index (κ2) is 10.9. The van der Waals surface area contributed by atoms with Crippen LogP contribution in [0.25, 0.3) is 0 Å². The van der Waals surface area contributed by atoms with Crippen LogP contribution in [0.4, 0.5) is 27.0 Å². The summed E-state index contributed by atoms with van der Waals surface area (Å²) in [6.45, 7) is 4.04. The quantitative estimate of drug-likeness (QED) is 0.295. The van der Waals surface area contributed by atoms with Gasteiger partial charge in [0, 0.05) is 5.30 Å². The highest BCUT2D eigenvalue weighted by atomic mass is 35.5. The molecule has 0 fully saturated rings. The third-order valence-corrected chi connectivity index (χ3v) is 7.99. The van der Waals surface area contributed by atoms with Gasteiger partial charge in [-0.25, -0.2) is 4.98 Å². The van der Waals surface area contributed by atoms with Crippen molar-refractivity contribution in [2.45, 2.75) is 17.9 Å². The summed E-state index contributed by atoms with van der Waals surface area (Å²) in [6.07, 6.45) is 2.17. The minimum absolute atomic E-state index is 0. The van der Waals surface area contributed by atoms with Gasteiger partial charge in [-0.15, -0.1) is 16.3 Å². The first kappa shape index (κ1) is 28.1. The maximum atomic E-state index is 13.5. The van der Waals surface area contributed by atoms with Crippen LogP contribution < -0.4 is 20.7 Å². The van der Waals surface area contributed by atoms with E-state index >= 15 is 0 Å². The summed E-state index contributed by atoms with van der Waals surface area (Å²) < 4.78 is 60.1. The van der Waals surface area contributed by atoms with Crippen LogP contribution in [-0.2, 0) is 32.6 Å². The average Bonchev–Trinajstić information content (AvgIpc) is 2.79. The summed E-state index contributed by atoms with van der Waals surface area (Å²) in [7, 11) is -6.42. The van der Waals surface area contributed by atoms with E-state index in [0.717, 1.165) is 29.7 Å². The van der Waals surface area contributed by atoms with Crippen molar-refractivity contribution >= 4 is 69.8 Å².